The molecular formula is C32H33IO5. The number of rotatable bonds is 6. The summed E-state index contributed by atoms with van der Waals surface area (Å²) in [5, 5.41) is 0. The fourth-order valence-electron chi connectivity index (χ4n) is 5.42. The van der Waals surface area contributed by atoms with Crippen molar-refractivity contribution in [1.29, 1.82) is 0 Å². The lowest BCUT2D eigenvalue weighted by Gasteiger charge is -2.33. The van der Waals surface area contributed by atoms with Crippen LogP contribution in [0.5, 0.6) is 17.2 Å². The lowest BCUT2D eigenvalue weighted by atomic mass is 9.86. The first-order valence-electron chi connectivity index (χ1n) is 13.6. The zero-order valence-electron chi connectivity index (χ0n) is 21.7. The summed E-state index contributed by atoms with van der Waals surface area (Å²) in [4.78, 5) is 0. The first-order valence-corrected chi connectivity index (χ1v) is 14.7. The molecule has 0 N–H and O–H groups in total. The predicted octanol–water partition coefficient (Wildman–Crippen LogP) is 8.17. The smallest absolute Gasteiger partial charge is 0.200 e. The first kappa shape index (κ1) is 25.7. The molecule has 38 heavy (non-hydrogen) atoms. The van der Waals surface area contributed by atoms with Gasteiger partial charge in [-0.05, 0) is 102 Å². The number of halogens is 1. The summed E-state index contributed by atoms with van der Waals surface area (Å²) in [5.41, 5.74) is 5.50. The summed E-state index contributed by atoms with van der Waals surface area (Å²) in [6.45, 7) is 3.67. The summed E-state index contributed by atoms with van der Waals surface area (Å²) >= 11 is 2.34. The van der Waals surface area contributed by atoms with Crippen molar-refractivity contribution in [3.05, 3.63) is 87.0 Å². The van der Waals surface area contributed by atoms with Crippen LogP contribution >= 0.6 is 22.6 Å². The van der Waals surface area contributed by atoms with Crippen LogP contribution in [0, 0.1) is 3.57 Å². The van der Waals surface area contributed by atoms with Gasteiger partial charge in [-0.3, -0.25) is 0 Å². The zero-order valence-corrected chi connectivity index (χ0v) is 23.8. The van der Waals surface area contributed by atoms with Gasteiger partial charge in [0.2, 0.25) is 0 Å². The topological polar surface area (TPSA) is 46.2 Å². The Balaban J connectivity index is 1.40. The standard InChI is InChI=1S/C32H33IO5/c1-21-26-10-7-11-27(37-29-13-3-5-19-35-29)32(26)38-31(22-14-16-24(33)17-15-22)30(21)23-8-6-9-25(20-23)36-28-12-2-4-18-34-28/h6-11,14-17,20,28-29,31H,2-5,12-13,18-19H2,1H3. The molecule has 3 aromatic rings. The quantitative estimate of drug-likeness (QED) is 0.259. The van der Waals surface area contributed by atoms with E-state index in [4.69, 9.17) is 23.7 Å². The number of ether oxygens (including phenoxy) is 5. The van der Waals surface area contributed by atoms with Crippen LogP contribution in [0.15, 0.2) is 66.7 Å². The fraction of sp³-hybridized carbons (Fsp3) is 0.375. The summed E-state index contributed by atoms with van der Waals surface area (Å²) < 4.78 is 32.3. The molecule has 6 rings (SSSR count). The van der Waals surface area contributed by atoms with Crippen LogP contribution in [0.1, 0.15) is 68.2 Å². The Labute approximate surface area is 238 Å². The third-order valence-corrected chi connectivity index (χ3v) is 8.12. The van der Waals surface area contributed by atoms with E-state index >= 15 is 0 Å². The van der Waals surface area contributed by atoms with Crippen molar-refractivity contribution < 1.29 is 23.7 Å². The number of allylic oxidation sites excluding steroid dienone is 1. The summed E-state index contributed by atoms with van der Waals surface area (Å²) in [5.74, 6) is 2.32. The third kappa shape index (κ3) is 5.58. The number of hydrogen-bond acceptors (Lipinski definition) is 5. The lowest BCUT2D eigenvalue weighted by molar-refractivity contribution is -0.107. The van der Waals surface area contributed by atoms with E-state index in [0.717, 1.165) is 96.8 Å². The normalized spacial score (nSPS) is 23.4. The van der Waals surface area contributed by atoms with Crippen LogP contribution in [0.3, 0.4) is 0 Å². The third-order valence-electron chi connectivity index (χ3n) is 7.40. The van der Waals surface area contributed by atoms with Gasteiger partial charge in [0, 0.05) is 27.5 Å². The van der Waals surface area contributed by atoms with Gasteiger partial charge in [0.1, 0.15) is 11.9 Å². The number of hydrogen-bond donors (Lipinski definition) is 0. The number of para-hydroxylation sites is 1. The van der Waals surface area contributed by atoms with Gasteiger partial charge >= 0.3 is 0 Å². The Bertz CT molecular complexity index is 1290. The number of benzene rings is 3. The fourth-order valence-corrected chi connectivity index (χ4v) is 5.78. The molecule has 3 heterocycles. The molecule has 0 radical (unpaired) electrons. The van der Waals surface area contributed by atoms with Crippen LogP contribution in [0.2, 0.25) is 0 Å². The monoisotopic (exact) mass is 624 g/mol. The molecule has 198 valence electrons. The zero-order chi connectivity index (χ0) is 25.9. The maximum atomic E-state index is 6.85. The van der Waals surface area contributed by atoms with E-state index in [9.17, 15) is 0 Å². The molecule has 3 aliphatic heterocycles. The highest BCUT2D eigenvalue weighted by Gasteiger charge is 2.32. The SMILES string of the molecule is CC1=C(c2cccc(OC3CCCCO3)c2)C(c2ccc(I)cc2)Oc2c(OC3CCCCO3)cccc21. The molecule has 2 fully saturated rings. The highest BCUT2D eigenvalue weighted by molar-refractivity contribution is 14.1. The van der Waals surface area contributed by atoms with Crippen LogP contribution in [-0.2, 0) is 9.47 Å². The lowest BCUT2D eigenvalue weighted by Crippen LogP contribution is -2.26. The minimum Gasteiger partial charge on any atom is -0.476 e. The molecule has 0 bridgehead atoms. The second kappa shape index (κ2) is 11.7. The van der Waals surface area contributed by atoms with Crippen molar-refractivity contribution in [2.75, 3.05) is 13.2 Å². The van der Waals surface area contributed by atoms with Gasteiger partial charge in [0.05, 0.1) is 13.2 Å². The minimum atomic E-state index is -0.294. The molecule has 3 atom stereocenters. The van der Waals surface area contributed by atoms with E-state index in [1.807, 2.05) is 24.3 Å². The van der Waals surface area contributed by atoms with E-state index in [1.165, 1.54) is 3.57 Å². The molecule has 2 saturated heterocycles. The van der Waals surface area contributed by atoms with Crippen molar-refractivity contribution in [1.82, 2.24) is 0 Å². The van der Waals surface area contributed by atoms with Crippen molar-refractivity contribution in [3.8, 4) is 17.2 Å². The largest absolute Gasteiger partial charge is 0.476 e. The molecule has 0 aromatic heterocycles. The highest BCUT2D eigenvalue weighted by atomic mass is 127. The van der Waals surface area contributed by atoms with Crippen molar-refractivity contribution in [2.45, 2.75) is 64.1 Å². The van der Waals surface area contributed by atoms with Crippen molar-refractivity contribution in [3.63, 3.8) is 0 Å². The molecule has 6 heteroatoms. The second-order valence-corrected chi connectivity index (χ2v) is 11.3. The maximum Gasteiger partial charge on any atom is 0.200 e. The predicted molar refractivity (Wildman–Crippen MR) is 156 cm³/mol. The molecule has 0 saturated carbocycles. The van der Waals surface area contributed by atoms with Crippen molar-refractivity contribution >= 4 is 33.7 Å². The Morgan fingerprint density at radius 2 is 1.50 bits per heavy atom. The molecule has 5 nitrogen and oxygen atoms in total. The van der Waals surface area contributed by atoms with Gasteiger partial charge in [0.25, 0.3) is 0 Å². The number of fused-ring (bicyclic) bond motifs is 1. The van der Waals surface area contributed by atoms with E-state index < -0.39 is 0 Å². The van der Waals surface area contributed by atoms with Crippen LogP contribution in [-0.4, -0.2) is 25.8 Å². The van der Waals surface area contributed by atoms with Crippen LogP contribution in [0.25, 0.3) is 11.1 Å². The molecule has 3 aliphatic rings. The molecular weight excluding hydrogens is 591 g/mol. The highest BCUT2D eigenvalue weighted by Crippen LogP contribution is 2.50. The van der Waals surface area contributed by atoms with Gasteiger partial charge in [-0.2, -0.15) is 0 Å². The first-order chi connectivity index (χ1) is 18.7. The molecule has 0 spiro atoms. The molecule has 3 unspecified atom stereocenters. The Morgan fingerprint density at radius 1 is 0.789 bits per heavy atom. The van der Waals surface area contributed by atoms with Crippen LogP contribution < -0.4 is 14.2 Å². The average Bonchev–Trinajstić information content (AvgIpc) is 2.95. The van der Waals surface area contributed by atoms with Crippen molar-refractivity contribution in [2.24, 2.45) is 0 Å². The Kier molecular flexibility index (Phi) is 7.90. The molecule has 3 aromatic carbocycles. The minimum absolute atomic E-state index is 0.189. The van der Waals surface area contributed by atoms with Gasteiger partial charge in [-0.25, -0.2) is 0 Å². The van der Waals surface area contributed by atoms with Gasteiger partial charge in [-0.1, -0.05) is 36.4 Å². The Hall–Kier alpha value is -2.55. The van der Waals surface area contributed by atoms with E-state index in [1.54, 1.807) is 0 Å². The van der Waals surface area contributed by atoms with Crippen LogP contribution in [0.4, 0.5) is 0 Å². The molecule has 0 amide bonds. The Morgan fingerprint density at radius 3 is 2.21 bits per heavy atom. The maximum absolute atomic E-state index is 6.85. The van der Waals surface area contributed by atoms with Gasteiger partial charge in [-0.15, -0.1) is 0 Å². The molecule has 0 aliphatic carbocycles. The van der Waals surface area contributed by atoms with E-state index in [-0.39, 0.29) is 18.7 Å². The summed E-state index contributed by atoms with van der Waals surface area (Å²) in [7, 11) is 0. The van der Waals surface area contributed by atoms with E-state index in [0.29, 0.717) is 0 Å². The average molecular weight is 625 g/mol. The van der Waals surface area contributed by atoms with Gasteiger partial charge < -0.3 is 23.7 Å². The summed E-state index contributed by atoms with van der Waals surface area (Å²) in [6, 6.07) is 23.0. The van der Waals surface area contributed by atoms with E-state index in [2.05, 4.69) is 72.0 Å². The van der Waals surface area contributed by atoms with Gasteiger partial charge in [0.15, 0.2) is 24.1 Å². The summed E-state index contributed by atoms with van der Waals surface area (Å²) in [6.07, 6.45) is 5.51. The second-order valence-electron chi connectivity index (χ2n) is 10.1.